The molecule has 0 radical (unpaired) electrons. The molecule has 0 heterocycles. The van der Waals surface area contributed by atoms with Gasteiger partial charge in [-0.3, -0.25) is 4.79 Å². The van der Waals surface area contributed by atoms with Crippen LogP contribution in [0.5, 0.6) is 0 Å². The Bertz CT molecular complexity index is 439. The molecule has 0 aliphatic rings. The van der Waals surface area contributed by atoms with Crippen molar-refractivity contribution in [2.45, 2.75) is 12.4 Å². The molecule has 1 amide bonds. The summed E-state index contributed by atoms with van der Waals surface area (Å²) in [5.41, 5.74) is -0.215. The van der Waals surface area contributed by atoms with Gasteiger partial charge < -0.3 is 5.32 Å². The molecule has 0 fully saturated rings. The summed E-state index contributed by atoms with van der Waals surface area (Å²) in [5, 5.41) is 1.77. The van der Waals surface area contributed by atoms with Gasteiger partial charge in [-0.2, -0.15) is 26.3 Å². The minimum absolute atomic E-state index is 0.215. The highest BCUT2D eigenvalue weighted by Crippen LogP contribution is 2.39. The lowest BCUT2D eigenvalue weighted by atomic mass is 10.1. The van der Waals surface area contributed by atoms with Crippen molar-refractivity contribution in [1.29, 1.82) is 0 Å². The van der Waals surface area contributed by atoms with Gasteiger partial charge in [-0.15, -0.1) is 0 Å². The summed E-state index contributed by atoms with van der Waals surface area (Å²) >= 11 is 5.48. The Hall–Kier alpha value is -1.44. The van der Waals surface area contributed by atoms with Gasteiger partial charge >= 0.3 is 12.4 Å². The van der Waals surface area contributed by atoms with Crippen LogP contribution in [-0.4, -0.2) is 18.3 Å². The number of hydrogen-bond acceptors (Lipinski definition) is 1. The molecule has 1 aromatic carbocycles. The predicted octanol–water partition coefficient (Wildman–Crippen LogP) is 4.02. The fourth-order valence-electron chi connectivity index (χ4n) is 1.23. The molecular weight excluding hydrogens is 300 g/mol. The summed E-state index contributed by atoms with van der Waals surface area (Å²) < 4.78 is 73.4. The summed E-state index contributed by atoms with van der Waals surface area (Å²) in [4.78, 5) is 11.1. The van der Waals surface area contributed by atoms with Crippen LogP contribution >= 0.6 is 11.6 Å². The van der Waals surface area contributed by atoms with E-state index < -0.39 is 24.2 Å². The van der Waals surface area contributed by atoms with E-state index in [4.69, 9.17) is 11.6 Å². The standard InChI is InChI=1S/C10H6ClF6NO/c11-5-1-3-6(4-2-5)18-8(19)7(9(12,13)14)10(15,16)17/h1-4,7H,(H,18,19). The van der Waals surface area contributed by atoms with Crippen LogP contribution in [0.15, 0.2) is 24.3 Å². The summed E-state index contributed by atoms with van der Waals surface area (Å²) in [6.07, 6.45) is -11.4. The molecule has 0 bridgehead atoms. The van der Waals surface area contributed by atoms with Crippen molar-refractivity contribution >= 4 is 23.2 Å². The van der Waals surface area contributed by atoms with Crippen molar-refractivity contribution < 1.29 is 31.1 Å². The minimum atomic E-state index is -5.71. The molecule has 9 heteroatoms. The van der Waals surface area contributed by atoms with E-state index in [2.05, 4.69) is 0 Å². The molecule has 19 heavy (non-hydrogen) atoms. The van der Waals surface area contributed by atoms with Gasteiger partial charge in [0.05, 0.1) is 0 Å². The van der Waals surface area contributed by atoms with Crippen LogP contribution in [-0.2, 0) is 4.79 Å². The number of rotatable bonds is 2. The first-order valence-corrected chi connectivity index (χ1v) is 5.09. The molecule has 0 aromatic heterocycles. The number of amides is 1. The third-order valence-electron chi connectivity index (χ3n) is 2.03. The van der Waals surface area contributed by atoms with Crippen LogP contribution < -0.4 is 5.32 Å². The SMILES string of the molecule is O=C(Nc1ccc(Cl)cc1)C(C(F)(F)F)C(F)(F)F. The summed E-state index contributed by atoms with van der Waals surface area (Å²) in [6, 6.07) is 4.61. The lowest BCUT2D eigenvalue weighted by Crippen LogP contribution is -2.45. The maximum Gasteiger partial charge on any atom is 0.409 e. The first kappa shape index (κ1) is 15.6. The molecule has 0 saturated heterocycles. The van der Waals surface area contributed by atoms with Gasteiger partial charge in [-0.1, -0.05) is 11.6 Å². The monoisotopic (exact) mass is 305 g/mol. The number of anilines is 1. The quantitative estimate of drug-likeness (QED) is 0.822. The average Bonchev–Trinajstić information content (AvgIpc) is 2.16. The molecule has 0 unspecified atom stereocenters. The van der Waals surface area contributed by atoms with Gasteiger partial charge in [0.25, 0.3) is 0 Å². The predicted molar refractivity (Wildman–Crippen MR) is 55.7 cm³/mol. The van der Waals surface area contributed by atoms with E-state index in [-0.39, 0.29) is 10.7 Å². The molecule has 0 spiro atoms. The molecule has 0 atom stereocenters. The van der Waals surface area contributed by atoms with Crippen molar-refractivity contribution in [2.75, 3.05) is 5.32 Å². The molecule has 0 aliphatic carbocycles. The molecule has 2 nitrogen and oxygen atoms in total. The number of hydrogen-bond donors (Lipinski definition) is 1. The zero-order valence-corrected chi connectivity index (χ0v) is 9.70. The van der Waals surface area contributed by atoms with Crippen molar-refractivity contribution in [3.05, 3.63) is 29.3 Å². The molecule has 0 saturated carbocycles. The fraction of sp³-hybridized carbons (Fsp3) is 0.300. The smallest absolute Gasteiger partial charge is 0.325 e. The van der Waals surface area contributed by atoms with E-state index in [1.807, 2.05) is 0 Å². The van der Waals surface area contributed by atoms with Crippen molar-refractivity contribution in [1.82, 2.24) is 0 Å². The van der Waals surface area contributed by atoms with Crippen LogP contribution in [0.25, 0.3) is 0 Å². The Kier molecular flexibility index (Phi) is 4.34. The van der Waals surface area contributed by atoms with Crippen LogP contribution in [0.2, 0.25) is 5.02 Å². The minimum Gasteiger partial charge on any atom is -0.325 e. The molecule has 1 rings (SSSR count). The van der Waals surface area contributed by atoms with Crippen LogP contribution in [0.3, 0.4) is 0 Å². The number of carbonyl (C=O) groups excluding carboxylic acids is 1. The lowest BCUT2D eigenvalue weighted by Gasteiger charge is -2.22. The zero-order valence-electron chi connectivity index (χ0n) is 8.94. The van der Waals surface area contributed by atoms with E-state index >= 15 is 0 Å². The third kappa shape index (κ3) is 4.30. The maximum absolute atomic E-state index is 12.2. The highest BCUT2D eigenvalue weighted by atomic mass is 35.5. The van der Waals surface area contributed by atoms with Crippen LogP contribution in [0.1, 0.15) is 0 Å². The highest BCUT2D eigenvalue weighted by Gasteiger charge is 2.61. The number of nitrogens with one attached hydrogen (secondary N) is 1. The number of carbonyl (C=O) groups is 1. The third-order valence-corrected chi connectivity index (χ3v) is 2.28. The Morgan fingerprint density at radius 1 is 1.00 bits per heavy atom. The second kappa shape index (κ2) is 5.28. The molecule has 1 aromatic rings. The van der Waals surface area contributed by atoms with Crippen LogP contribution in [0, 0.1) is 5.92 Å². The van der Waals surface area contributed by atoms with Gasteiger partial charge in [0.15, 0.2) is 0 Å². The molecule has 1 N–H and O–H groups in total. The number of alkyl halides is 6. The van der Waals surface area contributed by atoms with Gasteiger partial charge in [0.2, 0.25) is 11.8 Å². The fourth-order valence-corrected chi connectivity index (χ4v) is 1.36. The van der Waals surface area contributed by atoms with Gasteiger partial charge in [-0.05, 0) is 24.3 Å². The zero-order chi connectivity index (χ0) is 14.8. The normalized spacial score (nSPS) is 12.6. The average molecular weight is 306 g/mol. The Labute approximate surface area is 108 Å². The maximum atomic E-state index is 12.2. The first-order valence-electron chi connectivity index (χ1n) is 4.71. The van der Waals surface area contributed by atoms with Gasteiger partial charge in [0.1, 0.15) is 0 Å². The van der Waals surface area contributed by atoms with Crippen LogP contribution in [0.4, 0.5) is 32.0 Å². The van der Waals surface area contributed by atoms with Gasteiger partial charge in [-0.25, -0.2) is 0 Å². The largest absolute Gasteiger partial charge is 0.409 e. The van der Waals surface area contributed by atoms with E-state index in [0.29, 0.717) is 0 Å². The molecular formula is C10H6ClF6NO. The Morgan fingerprint density at radius 3 is 1.79 bits per heavy atom. The second-order valence-corrected chi connectivity index (χ2v) is 3.95. The topological polar surface area (TPSA) is 29.1 Å². The van der Waals surface area contributed by atoms with E-state index in [1.165, 1.54) is 12.1 Å². The summed E-state index contributed by atoms with van der Waals surface area (Å²) in [7, 11) is 0. The Balaban J connectivity index is 2.93. The Morgan fingerprint density at radius 2 is 1.42 bits per heavy atom. The summed E-state index contributed by atoms with van der Waals surface area (Å²) in [5.74, 6) is -6.27. The first-order chi connectivity index (χ1) is 8.51. The highest BCUT2D eigenvalue weighted by molar-refractivity contribution is 6.30. The number of halogens is 7. The van der Waals surface area contributed by atoms with E-state index in [1.54, 1.807) is 5.32 Å². The van der Waals surface area contributed by atoms with Crippen molar-refractivity contribution in [3.63, 3.8) is 0 Å². The molecule has 0 aliphatic heterocycles. The van der Waals surface area contributed by atoms with Gasteiger partial charge in [0, 0.05) is 10.7 Å². The summed E-state index contributed by atoms with van der Waals surface area (Å²) in [6.45, 7) is 0. The van der Waals surface area contributed by atoms with Crippen molar-refractivity contribution in [2.24, 2.45) is 5.92 Å². The second-order valence-electron chi connectivity index (χ2n) is 3.51. The van der Waals surface area contributed by atoms with Crippen molar-refractivity contribution in [3.8, 4) is 0 Å². The lowest BCUT2D eigenvalue weighted by molar-refractivity contribution is -0.272. The number of benzene rings is 1. The van der Waals surface area contributed by atoms with E-state index in [0.717, 1.165) is 12.1 Å². The van der Waals surface area contributed by atoms with E-state index in [9.17, 15) is 31.1 Å². The molecule has 106 valence electrons.